The van der Waals surface area contributed by atoms with Crippen molar-refractivity contribution in [2.24, 2.45) is 0 Å². The molecule has 2 aromatic rings. The topological polar surface area (TPSA) is 30.2 Å². The van der Waals surface area contributed by atoms with Crippen molar-refractivity contribution >= 4 is 21.7 Å². The fourth-order valence-corrected chi connectivity index (χ4v) is 2.03. The van der Waals surface area contributed by atoms with Crippen molar-refractivity contribution in [3.63, 3.8) is 0 Å². The number of rotatable bonds is 3. The molecule has 1 aromatic heterocycles. The van der Waals surface area contributed by atoms with Gasteiger partial charge in [0.15, 0.2) is 5.78 Å². The molecule has 0 aliphatic rings. The van der Waals surface area contributed by atoms with Gasteiger partial charge in [-0.3, -0.25) is 4.79 Å². The van der Waals surface area contributed by atoms with Crippen LogP contribution in [0.15, 0.2) is 39.4 Å². The Morgan fingerprint density at radius 2 is 2.18 bits per heavy atom. The lowest BCUT2D eigenvalue weighted by molar-refractivity contribution is 0.0991. The highest BCUT2D eigenvalue weighted by Gasteiger charge is 2.12. The first-order valence-corrected chi connectivity index (χ1v) is 5.88. The molecule has 0 spiro atoms. The zero-order valence-electron chi connectivity index (χ0n) is 9.17. The van der Waals surface area contributed by atoms with Crippen LogP contribution in [0.3, 0.4) is 0 Å². The summed E-state index contributed by atoms with van der Waals surface area (Å²) in [6, 6.07) is 6.21. The molecule has 17 heavy (non-hydrogen) atoms. The summed E-state index contributed by atoms with van der Waals surface area (Å²) in [6.07, 6.45) is 1.72. The largest absolute Gasteiger partial charge is 0.469 e. The number of halogens is 2. The third-order valence-corrected chi connectivity index (χ3v) is 3.12. The van der Waals surface area contributed by atoms with Gasteiger partial charge in [-0.25, -0.2) is 4.39 Å². The first-order valence-electron chi connectivity index (χ1n) is 5.09. The van der Waals surface area contributed by atoms with Gasteiger partial charge in [0.2, 0.25) is 0 Å². The molecule has 0 fully saturated rings. The van der Waals surface area contributed by atoms with Crippen molar-refractivity contribution in [2.75, 3.05) is 0 Å². The smallest absolute Gasteiger partial charge is 0.170 e. The van der Waals surface area contributed by atoms with Crippen molar-refractivity contribution in [2.45, 2.75) is 13.3 Å². The van der Waals surface area contributed by atoms with E-state index in [2.05, 4.69) is 15.9 Å². The standard InChI is InChI=1S/C13H10BrFO2/c1-8-10(4-5-17-8)13(16)7-9-2-3-12(15)11(14)6-9/h2-6H,7H2,1H3. The van der Waals surface area contributed by atoms with E-state index >= 15 is 0 Å². The summed E-state index contributed by atoms with van der Waals surface area (Å²) < 4.78 is 18.5. The van der Waals surface area contributed by atoms with E-state index in [4.69, 9.17) is 4.42 Å². The Bertz CT molecular complexity index is 560. The number of benzene rings is 1. The van der Waals surface area contributed by atoms with E-state index in [1.54, 1.807) is 25.1 Å². The fraction of sp³-hybridized carbons (Fsp3) is 0.154. The number of carbonyl (C=O) groups is 1. The molecule has 1 aromatic carbocycles. The van der Waals surface area contributed by atoms with Crippen molar-refractivity contribution in [3.8, 4) is 0 Å². The minimum absolute atomic E-state index is 0.0326. The van der Waals surface area contributed by atoms with E-state index in [1.165, 1.54) is 12.3 Å². The molecular formula is C13H10BrFO2. The van der Waals surface area contributed by atoms with Gasteiger partial charge in [-0.1, -0.05) is 6.07 Å². The van der Waals surface area contributed by atoms with E-state index in [-0.39, 0.29) is 18.0 Å². The summed E-state index contributed by atoms with van der Waals surface area (Å²) >= 11 is 3.09. The Hall–Kier alpha value is -1.42. The summed E-state index contributed by atoms with van der Waals surface area (Å²) in [5.74, 6) is 0.242. The maximum absolute atomic E-state index is 13.0. The zero-order chi connectivity index (χ0) is 12.4. The summed E-state index contributed by atoms with van der Waals surface area (Å²) in [7, 11) is 0. The molecule has 0 atom stereocenters. The Labute approximate surface area is 107 Å². The Morgan fingerprint density at radius 3 is 2.76 bits per heavy atom. The molecule has 0 amide bonds. The summed E-state index contributed by atoms with van der Waals surface area (Å²) in [6.45, 7) is 1.74. The van der Waals surface area contributed by atoms with Gasteiger partial charge in [0.25, 0.3) is 0 Å². The number of hydrogen-bond donors (Lipinski definition) is 0. The van der Waals surface area contributed by atoms with Gasteiger partial charge in [-0.15, -0.1) is 0 Å². The van der Waals surface area contributed by atoms with E-state index in [0.717, 1.165) is 5.56 Å². The Kier molecular flexibility index (Phi) is 3.43. The van der Waals surface area contributed by atoms with Crippen LogP contribution in [-0.4, -0.2) is 5.78 Å². The minimum Gasteiger partial charge on any atom is -0.469 e. The van der Waals surface area contributed by atoms with E-state index < -0.39 is 0 Å². The van der Waals surface area contributed by atoms with Gasteiger partial charge in [-0.2, -0.15) is 0 Å². The second kappa shape index (κ2) is 4.84. The average molecular weight is 297 g/mol. The van der Waals surface area contributed by atoms with Gasteiger partial charge in [0, 0.05) is 6.42 Å². The van der Waals surface area contributed by atoms with E-state index in [1.807, 2.05) is 0 Å². The summed E-state index contributed by atoms with van der Waals surface area (Å²) in [5, 5.41) is 0. The summed E-state index contributed by atoms with van der Waals surface area (Å²) in [5.41, 5.74) is 1.34. The van der Waals surface area contributed by atoms with Crippen LogP contribution in [0, 0.1) is 12.7 Å². The lowest BCUT2D eigenvalue weighted by atomic mass is 10.0. The van der Waals surface area contributed by atoms with Gasteiger partial charge in [-0.05, 0) is 46.6 Å². The van der Waals surface area contributed by atoms with E-state index in [9.17, 15) is 9.18 Å². The molecule has 88 valence electrons. The number of furan rings is 1. The molecule has 0 radical (unpaired) electrons. The van der Waals surface area contributed by atoms with Crippen molar-refractivity contribution in [3.05, 3.63) is 57.7 Å². The molecule has 4 heteroatoms. The number of Topliss-reactive ketones (excluding diaryl/α,β-unsaturated/α-hetero) is 1. The molecule has 0 N–H and O–H groups in total. The highest BCUT2D eigenvalue weighted by molar-refractivity contribution is 9.10. The highest BCUT2D eigenvalue weighted by Crippen LogP contribution is 2.19. The lowest BCUT2D eigenvalue weighted by Gasteiger charge is -2.02. The Balaban J connectivity index is 2.19. The van der Waals surface area contributed by atoms with Crippen LogP contribution in [0.4, 0.5) is 4.39 Å². The highest BCUT2D eigenvalue weighted by atomic mass is 79.9. The predicted octanol–water partition coefficient (Wildman–Crippen LogP) is 3.92. The number of hydrogen-bond acceptors (Lipinski definition) is 2. The third-order valence-electron chi connectivity index (χ3n) is 2.51. The van der Waals surface area contributed by atoms with Crippen molar-refractivity contribution < 1.29 is 13.6 Å². The maximum Gasteiger partial charge on any atom is 0.170 e. The first-order chi connectivity index (χ1) is 8.08. The minimum atomic E-state index is -0.333. The van der Waals surface area contributed by atoms with Gasteiger partial charge < -0.3 is 4.42 Å². The molecule has 0 bridgehead atoms. The van der Waals surface area contributed by atoms with E-state index in [0.29, 0.717) is 15.8 Å². The quantitative estimate of drug-likeness (QED) is 0.804. The predicted molar refractivity (Wildman–Crippen MR) is 65.6 cm³/mol. The molecule has 0 aliphatic heterocycles. The molecular weight excluding hydrogens is 287 g/mol. The first kappa shape index (κ1) is 12.0. The third kappa shape index (κ3) is 2.64. The zero-order valence-corrected chi connectivity index (χ0v) is 10.8. The van der Waals surface area contributed by atoms with Crippen molar-refractivity contribution in [1.29, 1.82) is 0 Å². The van der Waals surface area contributed by atoms with Crippen LogP contribution in [-0.2, 0) is 6.42 Å². The second-order valence-corrected chi connectivity index (χ2v) is 4.59. The molecule has 0 saturated heterocycles. The average Bonchev–Trinajstić information content (AvgIpc) is 2.70. The number of aryl methyl sites for hydroxylation is 1. The monoisotopic (exact) mass is 296 g/mol. The Morgan fingerprint density at radius 1 is 1.41 bits per heavy atom. The van der Waals surface area contributed by atoms with Crippen LogP contribution < -0.4 is 0 Å². The summed E-state index contributed by atoms with van der Waals surface area (Å²) in [4.78, 5) is 11.9. The second-order valence-electron chi connectivity index (χ2n) is 3.74. The molecule has 2 nitrogen and oxygen atoms in total. The van der Waals surface area contributed by atoms with Gasteiger partial charge in [0.1, 0.15) is 11.6 Å². The van der Waals surface area contributed by atoms with Crippen LogP contribution in [0.1, 0.15) is 21.7 Å². The van der Waals surface area contributed by atoms with Crippen LogP contribution in [0.25, 0.3) is 0 Å². The van der Waals surface area contributed by atoms with Crippen LogP contribution in [0.5, 0.6) is 0 Å². The number of carbonyl (C=O) groups excluding carboxylic acids is 1. The molecule has 0 saturated carbocycles. The molecule has 1 heterocycles. The van der Waals surface area contributed by atoms with Crippen LogP contribution in [0.2, 0.25) is 0 Å². The lowest BCUT2D eigenvalue weighted by Crippen LogP contribution is -2.03. The molecule has 2 rings (SSSR count). The van der Waals surface area contributed by atoms with Gasteiger partial charge in [0.05, 0.1) is 16.3 Å². The SMILES string of the molecule is Cc1occc1C(=O)Cc1ccc(F)c(Br)c1. The maximum atomic E-state index is 13.0. The van der Waals surface area contributed by atoms with Crippen LogP contribution >= 0.6 is 15.9 Å². The van der Waals surface area contributed by atoms with Gasteiger partial charge >= 0.3 is 0 Å². The molecule has 0 aliphatic carbocycles. The molecule has 0 unspecified atom stereocenters. The normalized spacial score (nSPS) is 10.5. The van der Waals surface area contributed by atoms with Crippen molar-refractivity contribution in [1.82, 2.24) is 0 Å². The number of ketones is 1. The fourth-order valence-electron chi connectivity index (χ4n) is 1.60.